The van der Waals surface area contributed by atoms with E-state index in [4.69, 9.17) is 11.6 Å². The molecule has 0 atom stereocenters. The number of benzene rings is 3. The van der Waals surface area contributed by atoms with Gasteiger partial charge in [-0.1, -0.05) is 72.3 Å². The number of aromatic amines is 1. The van der Waals surface area contributed by atoms with Crippen molar-refractivity contribution in [2.24, 2.45) is 5.10 Å². The summed E-state index contributed by atoms with van der Waals surface area (Å²) in [6.45, 7) is 0. The molecule has 0 amide bonds. The zero-order chi connectivity index (χ0) is 24.1. The number of halogens is 1. The van der Waals surface area contributed by atoms with Crippen molar-refractivity contribution in [1.29, 1.82) is 5.26 Å². The van der Waals surface area contributed by atoms with E-state index in [-0.39, 0.29) is 27.8 Å². The van der Waals surface area contributed by atoms with E-state index in [1.54, 1.807) is 36.4 Å². The summed E-state index contributed by atoms with van der Waals surface area (Å²) in [5.74, 6) is -1.05. The summed E-state index contributed by atoms with van der Waals surface area (Å²) in [4.78, 5) is 30.7. The fourth-order valence-electron chi connectivity index (χ4n) is 3.33. The van der Waals surface area contributed by atoms with Crippen LogP contribution in [0.2, 0.25) is 5.02 Å². The summed E-state index contributed by atoms with van der Waals surface area (Å²) < 4.78 is 0. The molecule has 3 N–H and O–H groups in total. The van der Waals surface area contributed by atoms with Gasteiger partial charge in [-0.25, -0.2) is 15.2 Å². The lowest BCUT2D eigenvalue weighted by Gasteiger charge is -2.09. The number of hydrogen-bond acceptors (Lipinski definition) is 6. The molecule has 0 unspecified atom stereocenters. The molecule has 4 rings (SSSR count). The van der Waals surface area contributed by atoms with E-state index in [2.05, 4.69) is 20.5 Å². The van der Waals surface area contributed by atoms with E-state index in [1.165, 1.54) is 18.3 Å². The van der Waals surface area contributed by atoms with Crippen molar-refractivity contribution in [3.05, 3.63) is 105 Å². The van der Waals surface area contributed by atoms with Crippen LogP contribution in [0.1, 0.15) is 21.5 Å². The van der Waals surface area contributed by atoms with Gasteiger partial charge in [-0.3, -0.25) is 9.78 Å². The molecule has 0 fully saturated rings. The van der Waals surface area contributed by atoms with Crippen LogP contribution in [-0.2, 0) is 0 Å². The van der Waals surface area contributed by atoms with E-state index >= 15 is 0 Å². The fourth-order valence-corrected chi connectivity index (χ4v) is 3.53. The van der Waals surface area contributed by atoms with Crippen LogP contribution in [-0.4, -0.2) is 27.3 Å². The van der Waals surface area contributed by atoms with E-state index in [1.807, 2.05) is 30.3 Å². The lowest BCUT2D eigenvalue weighted by atomic mass is 9.98. The highest BCUT2D eigenvalue weighted by molar-refractivity contribution is 6.33. The standard InChI is InChI=1S/C25H16ClN5O3/c26-21-11-10-16(12-19(21)24(33)34)18-9-5-4-8-17(18)14-28-31-25-29-22(15-6-2-1-3-7-15)20(13-27)23(32)30-25/h1-12,14H,(H,33,34)(H2,29,30,31,32). The van der Waals surface area contributed by atoms with Crippen molar-refractivity contribution in [2.45, 2.75) is 0 Å². The van der Waals surface area contributed by atoms with Crippen LogP contribution in [0.4, 0.5) is 5.95 Å². The summed E-state index contributed by atoms with van der Waals surface area (Å²) in [6.07, 6.45) is 1.52. The minimum Gasteiger partial charge on any atom is -0.478 e. The molecule has 1 aromatic heterocycles. The first-order valence-corrected chi connectivity index (χ1v) is 10.4. The average Bonchev–Trinajstić information content (AvgIpc) is 2.85. The molecular weight excluding hydrogens is 454 g/mol. The molecule has 0 saturated heterocycles. The van der Waals surface area contributed by atoms with Gasteiger partial charge in [-0.05, 0) is 23.3 Å². The minimum absolute atomic E-state index is 0.00293. The molecule has 0 spiro atoms. The maximum Gasteiger partial charge on any atom is 0.337 e. The van der Waals surface area contributed by atoms with Gasteiger partial charge in [-0.15, -0.1) is 0 Å². The van der Waals surface area contributed by atoms with Crippen LogP contribution in [0.15, 0.2) is 82.7 Å². The minimum atomic E-state index is -1.12. The Balaban J connectivity index is 1.66. The Hall–Kier alpha value is -4.74. The maximum absolute atomic E-state index is 12.4. The van der Waals surface area contributed by atoms with Crippen molar-refractivity contribution in [3.8, 4) is 28.5 Å². The Morgan fingerprint density at radius 2 is 1.82 bits per heavy atom. The summed E-state index contributed by atoms with van der Waals surface area (Å²) in [5.41, 5.74) is 4.95. The van der Waals surface area contributed by atoms with Crippen LogP contribution >= 0.6 is 11.6 Å². The van der Waals surface area contributed by atoms with Crippen molar-refractivity contribution < 1.29 is 9.90 Å². The van der Waals surface area contributed by atoms with Gasteiger partial charge in [0.25, 0.3) is 5.56 Å². The summed E-state index contributed by atoms with van der Waals surface area (Å²) in [7, 11) is 0. The molecule has 0 aliphatic carbocycles. The number of nitrogens with zero attached hydrogens (tertiary/aromatic N) is 3. The molecule has 0 aliphatic heterocycles. The highest BCUT2D eigenvalue weighted by Crippen LogP contribution is 2.27. The Morgan fingerprint density at radius 1 is 1.09 bits per heavy atom. The summed E-state index contributed by atoms with van der Waals surface area (Å²) in [6, 6.07) is 22.8. The first-order chi connectivity index (χ1) is 16.5. The average molecular weight is 470 g/mol. The number of carboxylic acids is 1. The first kappa shape index (κ1) is 22.5. The van der Waals surface area contributed by atoms with Crippen molar-refractivity contribution >= 4 is 29.7 Å². The molecule has 3 aromatic carbocycles. The number of nitrogens with one attached hydrogen (secondary N) is 2. The second kappa shape index (κ2) is 9.81. The largest absolute Gasteiger partial charge is 0.478 e. The van der Waals surface area contributed by atoms with Crippen molar-refractivity contribution in [1.82, 2.24) is 9.97 Å². The van der Waals surface area contributed by atoms with Gasteiger partial charge in [-0.2, -0.15) is 10.4 Å². The number of carboxylic acid groups (broad SMARTS) is 1. The Labute approximate surface area is 198 Å². The second-order valence-corrected chi connectivity index (χ2v) is 7.48. The molecule has 0 radical (unpaired) electrons. The number of carbonyl (C=O) groups is 1. The first-order valence-electron chi connectivity index (χ1n) is 9.99. The van der Waals surface area contributed by atoms with Gasteiger partial charge in [0.2, 0.25) is 5.95 Å². The number of hydrazone groups is 1. The zero-order valence-corrected chi connectivity index (χ0v) is 18.2. The number of anilines is 1. The number of aromatic nitrogens is 2. The van der Waals surface area contributed by atoms with Crippen molar-refractivity contribution in [3.63, 3.8) is 0 Å². The molecule has 34 heavy (non-hydrogen) atoms. The van der Waals surface area contributed by atoms with E-state index in [9.17, 15) is 20.0 Å². The monoisotopic (exact) mass is 469 g/mol. The van der Waals surface area contributed by atoms with Crippen LogP contribution < -0.4 is 11.0 Å². The molecule has 8 nitrogen and oxygen atoms in total. The van der Waals surface area contributed by atoms with Crippen LogP contribution in [0.3, 0.4) is 0 Å². The fraction of sp³-hybridized carbons (Fsp3) is 0. The predicted molar refractivity (Wildman–Crippen MR) is 130 cm³/mol. The number of hydrogen-bond donors (Lipinski definition) is 3. The lowest BCUT2D eigenvalue weighted by molar-refractivity contribution is 0.0697. The summed E-state index contributed by atoms with van der Waals surface area (Å²) in [5, 5.41) is 23.1. The SMILES string of the molecule is N#Cc1c(-c2ccccc2)nc(NN=Cc2ccccc2-c2ccc(Cl)c(C(=O)O)c2)[nH]c1=O. The lowest BCUT2D eigenvalue weighted by Crippen LogP contribution is -2.16. The van der Waals surface area contributed by atoms with Crippen LogP contribution in [0.25, 0.3) is 22.4 Å². The smallest absolute Gasteiger partial charge is 0.337 e. The normalized spacial score (nSPS) is 10.7. The number of rotatable bonds is 6. The molecule has 166 valence electrons. The van der Waals surface area contributed by atoms with E-state index in [0.29, 0.717) is 16.7 Å². The molecule has 9 heteroatoms. The van der Waals surface area contributed by atoms with Gasteiger partial charge < -0.3 is 5.11 Å². The van der Waals surface area contributed by atoms with Gasteiger partial charge in [0.1, 0.15) is 11.6 Å². The third-order valence-corrected chi connectivity index (χ3v) is 5.25. The zero-order valence-electron chi connectivity index (χ0n) is 17.5. The molecule has 0 saturated carbocycles. The number of aromatic carboxylic acids is 1. The van der Waals surface area contributed by atoms with Crippen LogP contribution in [0, 0.1) is 11.3 Å². The molecule has 0 aliphatic rings. The summed E-state index contributed by atoms with van der Waals surface area (Å²) >= 11 is 5.99. The highest BCUT2D eigenvalue weighted by atomic mass is 35.5. The Morgan fingerprint density at radius 3 is 2.56 bits per heavy atom. The predicted octanol–water partition coefficient (Wildman–Crippen LogP) is 4.77. The number of nitriles is 1. The van der Waals surface area contributed by atoms with E-state index in [0.717, 1.165) is 5.56 Å². The van der Waals surface area contributed by atoms with Gasteiger partial charge in [0.15, 0.2) is 0 Å². The van der Waals surface area contributed by atoms with E-state index < -0.39 is 11.5 Å². The third kappa shape index (κ3) is 4.70. The molecule has 4 aromatic rings. The van der Waals surface area contributed by atoms with Gasteiger partial charge >= 0.3 is 5.97 Å². The second-order valence-electron chi connectivity index (χ2n) is 7.07. The number of H-pyrrole nitrogens is 1. The Bertz CT molecular complexity index is 1510. The van der Waals surface area contributed by atoms with Gasteiger partial charge in [0.05, 0.1) is 22.5 Å². The highest BCUT2D eigenvalue weighted by Gasteiger charge is 2.14. The third-order valence-electron chi connectivity index (χ3n) is 4.92. The molecule has 1 heterocycles. The molecular formula is C25H16ClN5O3. The Kier molecular flexibility index (Phi) is 6.48. The van der Waals surface area contributed by atoms with Crippen LogP contribution in [0.5, 0.6) is 0 Å². The molecule has 0 bridgehead atoms. The maximum atomic E-state index is 12.4. The topological polar surface area (TPSA) is 131 Å². The van der Waals surface area contributed by atoms with Crippen molar-refractivity contribution in [2.75, 3.05) is 5.43 Å². The van der Waals surface area contributed by atoms with Gasteiger partial charge in [0, 0.05) is 11.1 Å². The quantitative estimate of drug-likeness (QED) is 0.275.